The summed E-state index contributed by atoms with van der Waals surface area (Å²) in [6.07, 6.45) is 1.31. The van der Waals surface area contributed by atoms with Gasteiger partial charge in [-0.15, -0.1) is 10.2 Å². The number of carboxylic acid groups (broad SMARTS) is 1. The quantitative estimate of drug-likeness (QED) is 0.889. The number of benzene rings is 1. The number of amides is 1. The number of rotatable bonds is 4. The predicted molar refractivity (Wildman–Crippen MR) is 80.2 cm³/mol. The molecule has 0 radical (unpaired) electrons. The predicted octanol–water partition coefficient (Wildman–Crippen LogP) is 0.663. The summed E-state index contributed by atoms with van der Waals surface area (Å²) in [6, 6.07) is 9.38. The molecule has 120 valence electrons. The molecule has 1 aromatic carbocycles. The van der Waals surface area contributed by atoms with Crippen molar-refractivity contribution in [1.82, 2.24) is 25.1 Å². The number of carbonyl (C=O) groups excluding carboxylic acids is 1. The van der Waals surface area contributed by atoms with Gasteiger partial charge in [-0.2, -0.15) is 4.80 Å². The molecule has 0 unspecified atom stereocenters. The molecule has 0 spiro atoms. The van der Waals surface area contributed by atoms with Gasteiger partial charge in [0.15, 0.2) is 0 Å². The molecule has 8 heteroatoms. The van der Waals surface area contributed by atoms with Crippen LogP contribution >= 0.6 is 0 Å². The van der Waals surface area contributed by atoms with Gasteiger partial charge in [0.05, 0.1) is 5.92 Å². The molecule has 1 fully saturated rings. The Balaban J connectivity index is 1.64. The molecule has 0 saturated carbocycles. The van der Waals surface area contributed by atoms with E-state index in [1.807, 2.05) is 30.3 Å². The number of piperidine rings is 1. The van der Waals surface area contributed by atoms with E-state index >= 15 is 0 Å². The van der Waals surface area contributed by atoms with Crippen LogP contribution in [0.2, 0.25) is 0 Å². The number of aromatic nitrogens is 4. The first-order valence-electron chi connectivity index (χ1n) is 7.47. The van der Waals surface area contributed by atoms with Gasteiger partial charge >= 0.3 is 5.97 Å². The summed E-state index contributed by atoms with van der Waals surface area (Å²) >= 11 is 0. The van der Waals surface area contributed by atoms with E-state index in [1.54, 1.807) is 4.90 Å². The molecule has 1 atom stereocenters. The summed E-state index contributed by atoms with van der Waals surface area (Å²) < 4.78 is 0. The van der Waals surface area contributed by atoms with Crippen LogP contribution in [0.25, 0.3) is 11.4 Å². The Bertz CT molecular complexity index is 700. The van der Waals surface area contributed by atoms with E-state index in [0.29, 0.717) is 25.2 Å². The maximum atomic E-state index is 12.3. The minimum atomic E-state index is -0.854. The van der Waals surface area contributed by atoms with Gasteiger partial charge in [-0.3, -0.25) is 9.59 Å². The van der Waals surface area contributed by atoms with Crippen LogP contribution in [-0.2, 0) is 16.1 Å². The summed E-state index contributed by atoms with van der Waals surface area (Å²) in [7, 11) is 0. The SMILES string of the molecule is O=C(O)[C@H]1CCCN(C(=O)Cn2nnc(-c3ccccc3)n2)C1. The van der Waals surface area contributed by atoms with Crippen molar-refractivity contribution in [3.63, 3.8) is 0 Å². The molecule has 8 nitrogen and oxygen atoms in total. The molecular weight excluding hydrogens is 298 g/mol. The number of likely N-dealkylation sites (tertiary alicyclic amines) is 1. The Morgan fingerprint density at radius 3 is 2.78 bits per heavy atom. The molecule has 1 amide bonds. The van der Waals surface area contributed by atoms with Gasteiger partial charge < -0.3 is 10.0 Å². The normalized spacial score (nSPS) is 17.9. The number of hydrogen-bond acceptors (Lipinski definition) is 5. The largest absolute Gasteiger partial charge is 0.481 e. The molecule has 2 heterocycles. The second-order valence-electron chi connectivity index (χ2n) is 5.53. The van der Waals surface area contributed by atoms with Crippen LogP contribution in [0.5, 0.6) is 0 Å². The number of tetrazole rings is 1. The van der Waals surface area contributed by atoms with Crippen molar-refractivity contribution in [2.75, 3.05) is 13.1 Å². The van der Waals surface area contributed by atoms with Gasteiger partial charge in [-0.1, -0.05) is 30.3 Å². The summed E-state index contributed by atoms with van der Waals surface area (Å²) in [5.74, 6) is -1.07. The minimum absolute atomic E-state index is 0.0355. The number of aliphatic carboxylic acids is 1. The van der Waals surface area contributed by atoms with Crippen molar-refractivity contribution in [3.8, 4) is 11.4 Å². The van der Waals surface area contributed by atoms with Gasteiger partial charge in [0.2, 0.25) is 11.7 Å². The van der Waals surface area contributed by atoms with E-state index < -0.39 is 11.9 Å². The van der Waals surface area contributed by atoms with E-state index in [9.17, 15) is 9.59 Å². The molecular formula is C15H17N5O3. The molecule has 1 aliphatic heterocycles. The Hall–Kier alpha value is -2.77. The molecule has 23 heavy (non-hydrogen) atoms. The molecule has 0 bridgehead atoms. The van der Waals surface area contributed by atoms with Crippen LogP contribution in [0.4, 0.5) is 0 Å². The fourth-order valence-corrected chi connectivity index (χ4v) is 2.64. The van der Waals surface area contributed by atoms with Crippen LogP contribution in [0.15, 0.2) is 30.3 Å². The van der Waals surface area contributed by atoms with Crippen molar-refractivity contribution in [3.05, 3.63) is 30.3 Å². The molecule has 2 aromatic rings. The summed E-state index contributed by atoms with van der Waals surface area (Å²) in [5.41, 5.74) is 0.829. The van der Waals surface area contributed by atoms with Crippen LogP contribution in [0, 0.1) is 5.92 Å². The zero-order chi connectivity index (χ0) is 16.2. The highest BCUT2D eigenvalue weighted by molar-refractivity contribution is 5.77. The Morgan fingerprint density at radius 1 is 1.26 bits per heavy atom. The van der Waals surface area contributed by atoms with E-state index in [4.69, 9.17) is 5.11 Å². The maximum absolute atomic E-state index is 12.3. The summed E-state index contributed by atoms with van der Waals surface area (Å²) in [4.78, 5) is 26.2. The van der Waals surface area contributed by atoms with Crippen LogP contribution in [-0.4, -0.2) is 55.2 Å². The molecule has 0 aliphatic carbocycles. The van der Waals surface area contributed by atoms with Crippen molar-refractivity contribution in [1.29, 1.82) is 0 Å². The zero-order valence-electron chi connectivity index (χ0n) is 12.5. The molecule has 1 aliphatic rings. The van der Waals surface area contributed by atoms with Crippen LogP contribution < -0.4 is 0 Å². The lowest BCUT2D eigenvalue weighted by Gasteiger charge is -2.30. The lowest BCUT2D eigenvalue weighted by molar-refractivity contribution is -0.145. The first kappa shape index (κ1) is 15.1. The highest BCUT2D eigenvalue weighted by Crippen LogP contribution is 2.17. The second kappa shape index (κ2) is 6.55. The molecule has 1 saturated heterocycles. The monoisotopic (exact) mass is 315 g/mol. The highest BCUT2D eigenvalue weighted by Gasteiger charge is 2.28. The van der Waals surface area contributed by atoms with Gasteiger partial charge in [0, 0.05) is 18.7 Å². The first-order chi connectivity index (χ1) is 11.1. The Kier molecular flexibility index (Phi) is 4.31. The average molecular weight is 315 g/mol. The lowest BCUT2D eigenvalue weighted by atomic mass is 9.98. The van der Waals surface area contributed by atoms with E-state index in [-0.39, 0.29) is 19.0 Å². The number of hydrogen-bond donors (Lipinski definition) is 1. The zero-order valence-corrected chi connectivity index (χ0v) is 12.5. The summed E-state index contributed by atoms with van der Waals surface area (Å²) in [6.45, 7) is 0.781. The first-order valence-corrected chi connectivity index (χ1v) is 7.47. The van der Waals surface area contributed by atoms with Crippen molar-refractivity contribution < 1.29 is 14.7 Å². The summed E-state index contributed by atoms with van der Waals surface area (Å²) in [5, 5.41) is 21.1. The van der Waals surface area contributed by atoms with E-state index in [2.05, 4.69) is 15.4 Å². The third kappa shape index (κ3) is 3.53. The van der Waals surface area contributed by atoms with Crippen molar-refractivity contribution >= 4 is 11.9 Å². The van der Waals surface area contributed by atoms with E-state index in [1.165, 1.54) is 4.80 Å². The van der Waals surface area contributed by atoms with E-state index in [0.717, 1.165) is 5.56 Å². The molecule has 1 N–H and O–H groups in total. The number of carbonyl (C=O) groups is 2. The molecule has 3 rings (SSSR count). The minimum Gasteiger partial charge on any atom is -0.481 e. The highest BCUT2D eigenvalue weighted by atomic mass is 16.4. The topological polar surface area (TPSA) is 101 Å². The van der Waals surface area contributed by atoms with Crippen molar-refractivity contribution in [2.24, 2.45) is 5.92 Å². The van der Waals surface area contributed by atoms with Gasteiger partial charge in [0.1, 0.15) is 6.54 Å². The van der Waals surface area contributed by atoms with Crippen LogP contribution in [0.1, 0.15) is 12.8 Å². The average Bonchev–Trinajstić information content (AvgIpc) is 3.04. The smallest absolute Gasteiger partial charge is 0.308 e. The third-order valence-corrected chi connectivity index (χ3v) is 3.88. The number of carboxylic acids is 1. The van der Waals surface area contributed by atoms with Crippen LogP contribution in [0.3, 0.4) is 0 Å². The number of nitrogens with zero attached hydrogens (tertiary/aromatic N) is 5. The standard InChI is InChI=1S/C15H17N5O3/c21-13(19-8-4-7-12(9-19)15(22)23)10-20-17-14(16-18-20)11-5-2-1-3-6-11/h1-3,5-6,12H,4,7-10H2,(H,22,23)/t12-/m0/s1. The fourth-order valence-electron chi connectivity index (χ4n) is 2.64. The van der Waals surface area contributed by atoms with Gasteiger partial charge in [-0.25, -0.2) is 0 Å². The van der Waals surface area contributed by atoms with Gasteiger partial charge in [-0.05, 0) is 18.1 Å². The van der Waals surface area contributed by atoms with Crippen molar-refractivity contribution in [2.45, 2.75) is 19.4 Å². The third-order valence-electron chi connectivity index (χ3n) is 3.88. The van der Waals surface area contributed by atoms with Gasteiger partial charge in [0.25, 0.3) is 0 Å². The Labute approximate surface area is 132 Å². The Morgan fingerprint density at radius 2 is 2.04 bits per heavy atom. The molecule has 1 aromatic heterocycles. The second-order valence-corrected chi connectivity index (χ2v) is 5.53. The fraction of sp³-hybridized carbons (Fsp3) is 0.400. The maximum Gasteiger partial charge on any atom is 0.308 e. The lowest BCUT2D eigenvalue weighted by Crippen LogP contribution is -2.43.